The van der Waals surface area contributed by atoms with Crippen LogP contribution in [0.25, 0.3) is 0 Å². The Hall–Kier alpha value is -3.35. The number of fused-ring (bicyclic) bond motifs is 1. The van der Waals surface area contributed by atoms with Gasteiger partial charge in [0.15, 0.2) is 0 Å². The first-order chi connectivity index (χ1) is 16.9. The van der Waals surface area contributed by atoms with Crippen LogP contribution in [-0.4, -0.2) is 60.9 Å². The highest BCUT2D eigenvalue weighted by Crippen LogP contribution is 2.35. The fraction of sp³-hybridized carbons (Fsp3) is 0.286. The van der Waals surface area contributed by atoms with Crippen molar-refractivity contribution in [2.75, 3.05) is 43.4 Å². The Morgan fingerprint density at radius 3 is 2.37 bits per heavy atom. The molecule has 5 rings (SSSR count). The second-order valence-electron chi connectivity index (χ2n) is 9.17. The third-order valence-corrected chi connectivity index (χ3v) is 7.47. The Morgan fingerprint density at radius 1 is 0.971 bits per heavy atom. The third-order valence-electron chi connectivity index (χ3n) is 7.12. The SMILES string of the molecule is CC1C(=O)Nc2cc(C(=O)N3CCN(C(c4ccccc4)c4ccccc4Cl)CC3)ccc2N1C. The number of halogens is 1. The van der Waals surface area contributed by atoms with Gasteiger partial charge in [-0.3, -0.25) is 14.5 Å². The molecule has 180 valence electrons. The van der Waals surface area contributed by atoms with Crippen molar-refractivity contribution in [2.45, 2.75) is 19.0 Å². The zero-order valence-electron chi connectivity index (χ0n) is 19.9. The molecule has 7 heteroatoms. The highest BCUT2D eigenvalue weighted by atomic mass is 35.5. The number of carbonyl (C=O) groups excluding carboxylic acids is 2. The average Bonchev–Trinajstić information content (AvgIpc) is 2.89. The minimum Gasteiger partial charge on any atom is -0.361 e. The summed E-state index contributed by atoms with van der Waals surface area (Å²) in [5.74, 6) is -0.0817. The van der Waals surface area contributed by atoms with Gasteiger partial charge in [0, 0.05) is 43.8 Å². The zero-order valence-corrected chi connectivity index (χ0v) is 20.7. The molecule has 0 aromatic heterocycles. The van der Waals surface area contributed by atoms with Crippen molar-refractivity contribution in [3.05, 3.63) is 94.5 Å². The monoisotopic (exact) mass is 488 g/mol. The van der Waals surface area contributed by atoms with Gasteiger partial charge in [-0.25, -0.2) is 0 Å². The van der Waals surface area contributed by atoms with E-state index in [2.05, 4.69) is 28.4 Å². The lowest BCUT2D eigenvalue weighted by molar-refractivity contribution is -0.117. The Kier molecular flexibility index (Phi) is 6.50. The van der Waals surface area contributed by atoms with E-state index in [1.165, 1.54) is 5.56 Å². The van der Waals surface area contributed by atoms with E-state index in [-0.39, 0.29) is 23.9 Å². The lowest BCUT2D eigenvalue weighted by atomic mass is 9.96. The molecule has 1 fully saturated rings. The molecule has 1 saturated heterocycles. The van der Waals surface area contributed by atoms with Gasteiger partial charge in [-0.15, -0.1) is 0 Å². The number of anilines is 2. The number of benzene rings is 3. The van der Waals surface area contributed by atoms with E-state index >= 15 is 0 Å². The van der Waals surface area contributed by atoms with Crippen molar-refractivity contribution in [2.24, 2.45) is 0 Å². The van der Waals surface area contributed by atoms with Crippen LogP contribution >= 0.6 is 11.6 Å². The molecule has 2 amide bonds. The lowest BCUT2D eigenvalue weighted by Crippen LogP contribution is -2.50. The number of rotatable bonds is 4. The van der Waals surface area contributed by atoms with Crippen molar-refractivity contribution in [1.29, 1.82) is 0 Å². The fourth-order valence-electron chi connectivity index (χ4n) is 4.98. The molecule has 2 unspecified atom stereocenters. The van der Waals surface area contributed by atoms with Crippen LogP contribution in [0, 0.1) is 0 Å². The summed E-state index contributed by atoms with van der Waals surface area (Å²) >= 11 is 6.61. The van der Waals surface area contributed by atoms with Crippen molar-refractivity contribution in [1.82, 2.24) is 9.80 Å². The van der Waals surface area contributed by atoms with Gasteiger partial charge in [0.2, 0.25) is 5.91 Å². The van der Waals surface area contributed by atoms with Crippen LogP contribution < -0.4 is 10.2 Å². The van der Waals surface area contributed by atoms with E-state index < -0.39 is 0 Å². The van der Waals surface area contributed by atoms with Crippen LogP contribution in [-0.2, 0) is 4.79 Å². The van der Waals surface area contributed by atoms with E-state index in [0.29, 0.717) is 24.3 Å². The number of hydrogen-bond donors (Lipinski definition) is 1. The largest absolute Gasteiger partial charge is 0.361 e. The summed E-state index contributed by atoms with van der Waals surface area (Å²) in [6, 6.07) is 23.7. The molecule has 6 nitrogen and oxygen atoms in total. The first-order valence-corrected chi connectivity index (χ1v) is 12.3. The summed E-state index contributed by atoms with van der Waals surface area (Å²) in [6.45, 7) is 4.57. The van der Waals surface area contributed by atoms with Crippen LogP contribution in [0.4, 0.5) is 11.4 Å². The topological polar surface area (TPSA) is 55.9 Å². The van der Waals surface area contributed by atoms with Gasteiger partial charge in [-0.1, -0.05) is 60.1 Å². The first-order valence-electron chi connectivity index (χ1n) is 11.9. The van der Waals surface area contributed by atoms with Crippen LogP contribution in [0.2, 0.25) is 5.02 Å². The number of amides is 2. The van der Waals surface area contributed by atoms with Gasteiger partial charge in [-0.05, 0) is 42.3 Å². The maximum Gasteiger partial charge on any atom is 0.254 e. The Bertz CT molecular complexity index is 1240. The molecule has 35 heavy (non-hydrogen) atoms. The average molecular weight is 489 g/mol. The number of hydrogen-bond acceptors (Lipinski definition) is 4. The van der Waals surface area contributed by atoms with E-state index in [9.17, 15) is 9.59 Å². The number of nitrogens with one attached hydrogen (secondary N) is 1. The first kappa shape index (κ1) is 23.4. The highest BCUT2D eigenvalue weighted by Gasteiger charge is 2.31. The summed E-state index contributed by atoms with van der Waals surface area (Å²) in [5, 5.41) is 3.68. The summed E-state index contributed by atoms with van der Waals surface area (Å²) in [7, 11) is 1.89. The van der Waals surface area contributed by atoms with Crippen LogP contribution in [0.15, 0.2) is 72.8 Å². The normalized spacial score (nSPS) is 19.2. The lowest BCUT2D eigenvalue weighted by Gasteiger charge is -2.40. The molecule has 2 atom stereocenters. The third kappa shape index (κ3) is 4.51. The number of piperazine rings is 1. The summed E-state index contributed by atoms with van der Waals surface area (Å²) in [6.07, 6.45) is 0. The van der Waals surface area contributed by atoms with Gasteiger partial charge in [0.25, 0.3) is 5.91 Å². The minimum absolute atomic E-state index is 0.0167. The molecule has 0 spiro atoms. The molecule has 2 aliphatic heterocycles. The van der Waals surface area contributed by atoms with Crippen molar-refractivity contribution < 1.29 is 9.59 Å². The van der Waals surface area contributed by atoms with Crippen molar-refractivity contribution in [3.63, 3.8) is 0 Å². The fourth-order valence-corrected chi connectivity index (χ4v) is 5.22. The molecule has 0 aliphatic carbocycles. The molecule has 2 heterocycles. The smallest absolute Gasteiger partial charge is 0.254 e. The zero-order chi connectivity index (χ0) is 24.5. The van der Waals surface area contributed by atoms with Gasteiger partial charge in [0.05, 0.1) is 17.4 Å². The van der Waals surface area contributed by atoms with E-state index in [1.807, 2.05) is 72.3 Å². The number of carbonyl (C=O) groups is 2. The molecule has 0 saturated carbocycles. The van der Waals surface area contributed by atoms with Gasteiger partial charge < -0.3 is 15.1 Å². The van der Waals surface area contributed by atoms with Crippen molar-refractivity contribution >= 4 is 34.8 Å². The molecular weight excluding hydrogens is 460 g/mol. The second-order valence-corrected chi connectivity index (χ2v) is 9.58. The van der Waals surface area contributed by atoms with E-state index in [0.717, 1.165) is 29.4 Å². The van der Waals surface area contributed by atoms with E-state index in [4.69, 9.17) is 11.6 Å². The van der Waals surface area contributed by atoms with Gasteiger partial charge >= 0.3 is 0 Å². The Balaban J connectivity index is 1.33. The number of nitrogens with zero attached hydrogens (tertiary/aromatic N) is 3. The van der Waals surface area contributed by atoms with Gasteiger partial charge in [0.1, 0.15) is 6.04 Å². The molecule has 0 bridgehead atoms. The minimum atomic E-state index is -0.243. The maximum atomic E-state index is 13.3. The molecule has 2 aliphatic rings. The summed E-state index contributed by atoms with van der Waals surface area (Å²) < 4.78 is 0. The van der Waals surface area contributed by atoms with Crippen LogP contribution in [0.1, 0.15) is 34.5 Å². The van der Waals surface area contributed by atoms with E-state index in [1.54, 1.807) is 6.07 Å². The standard InChI is InChI=1S/C28H29ClN4O2/c1-19-27(34)30-24-18-21(12-13-25(24)31(19)2)28(35)33-16-14-32(15-17-33)26(20-8-4-3-5-9-20)22-10-6-7-11-23(22)29/h3-13,18-19,26H,14-17H2,1-2H3,(H,30,34). The second kappa shape index (κ2) is 9.72. The Morgan fingerprint density at radius 2 is 1.66 bits per heavy atom. The summed E-state index contributed by atoms with van der Waals surface area (Å²) in [5.41, 5.74) is 4.45. The highest BCUT2D eigenvalue weighted by molar-refractivity contribution is 6.31. The van der Waals surface area contributed by atoms with Gasteiger partial charge in [-0.2, -0.15) is 0 Å². The predicted molar refractivity (Wildman–Crippen MR) is 140 cm³/mol. The maximum absolute atomic E-state index is 13.3. The van der Waals surface area contributed by atoms with Crippen molar-refractivity contribution in [3.8, 4) is 0 Å². The molecule has 3 aromatic rings. The van der Waals surface area contributed by atoms with Crippen LogP contribution in [0.5, 0.6) is 0 Å². The molecule has 1 N–H and O–H groups in total. The quantitative estimate of drug-likeness (QED) is 0.580. The predicted octanol–water partition coefficient (Wildman–Crippen LogP) is 4.66. The van der Waals surface area contributed by atoms with Crippen LogP contribution in [0.3, 0.4) is 0 Å². The Labute approximate surface area is 211 Å². The summed E-state index contributed by atoms with van der Waals surface area (Å²) in [4.78, 5) is 31.8. The molecule has 0 radical (unpaired) electrons. The molecular formula is C28H29ClN4O2. The number of likely N-dealkylation sites (N-methyl/N-ethyl adjacent to an activating group) is 1. The molecule has 3 aromatic carbocycles.